The summed E-state index contributed by atoms with van der Waals surface area (Å²) in [5.41, 5.74) is 3.50. The molecule has 0 heterocycles. The highest BCUT2D eigenvalue weighted by atomic mass is 16.5. The number of benzene rings is 1. The normalized spacial score (nSPS) is 9.95. The molecule has 0 unspecified atom stereocenters. The molecular weight excluding hydrogens is 246 g/mol. The van der Waals surface area contributed by atoms with Crippen LogP contribution in [0.4, 0.5) is 5.69 Å². The molecule has 5 nitrogen and oxygen atoms in total. The second kappa shape index (κ2) is 6.22. The van der Waals surface area contributed by atoms with Gasteiger partial charge in [0.15, 0.2) is 0 Å². The van der Waals surface area contributed by atoms with Crippen molar-refractivity contribution in [3.8, 4) is 5.75 Å². The first-order valence-corrected chi connectivity index (χ1v) is 5.92. The third-order valence-electron chi connectivity index (χ3n) is 3.04. The van der Waals surface area contributed by atoms with Crippen molar-refractivity contribution in [1.29, 1.82) is 0 Å². The van der Waals surface area contributed by atoms with Crippen LogP contribution in [0.25, 0.3) is 0 Å². The van der Waals surface area contributed by atoms with E-state index in [1.54, 1.807) is 7.11 Å². The minimum Gasteiger partial charge on any atom is -0.496 e. The zero-order chi connectivity index (χ0) is 14.6. The van der Waals surface area contributed by atoms with Crippen molar-refractivity contribution in [2.24, 2.45) is 0 Å². The number of rotatable bonds is 4. The van der Waals surface area contributed by atoms with Gasteiger partial charge in [0.25, 0.3) is 0 Å². The molecule has 0 radical (unpaired) electrons. The number of hydrogen-bond acceptors (Lipinski definition) is 4. The van der Waals surface area contributed by atoms with Crippen molar-refractivity contribution in [3.63, 3.8) is 0 Å². The second-order valence-corrected chi connectivity index (χ2v) is 4.33. The molecule has 5 heteroatoms. The molecule has 0 bridgehead atoms. The molecule has 1 aromatic rings. The van der Waals surface area contributed by atoms with Crippen LogP contribution in [0.5, 0.6) is 5.75 Å². The Bertz CT molecular complexity index is 509. The summed E-state index contributed by atoms with van der Waals surface area (Å²) in [5, 5.41) is 2.71. The summed E-state index contributed by atoms with van der Waals surface area (Å²) in [5.74, 6) is -0.139. The number of amides is 1. The van der Waals surface area contributed by atoms with Crippen LogP contribution < -0.4 is 10.1 Å². The van der Waals surface area contributed by atoms with E-state index in [0.717, 1.165) is 22.4 Å². The summed E-state index contributed by atoms with van der Waals surface area (Å²) in [6.07, 6.45) is -0.292. The molecule has 19 heavy (non-hydrogen) atoms. The van der Waals surface area contributed by atoms with Crippen LogP contribution in [0.15, 0.2) is 6.07 Å². The zero-order valence-corrected chi connectivity index (χ0v) is 11.9. The molecule has 0 aliphatic heterocycles. The van der Waals surface area contributed by atoms with E-state index in [0.29, 0.717) is 5.69 Å². The lowest BCUT2D eigenvalue weighted by Gasteiger charge is -2.16. The van der Waals surface area contributed by atoms with Gasteiger partial charge in [0, 0.05) is 5.69 Å². The number of methoxy groups -OCH3 is 2. The van der Waals surface area contributed by atoms with E-state index in [-0.39, 0.29) is 12.3 Å². The van der Waals surface area contributed by atoms with Gasteiger partial charge in [-0.2, -0.15) is 0 Å². The van der Waals surface area contributed by atoms with Gasteiger partial charge in [0.05, 0.1) is 14.2 Å². The van der Waals surface area contributed by atoms with Gasteiger partial charge in [-0.15, -0.1) is 0 Å². The molecule has 0 aliphatic rings. The van der Waals surface area contributed by atoms with Crippen LogP contribution >= 0.6 is 0 Å². The molecule has 0 atom stereocenters. The SMILES string of the molecule is COC(=O)CC(=O)Nc1cc(C)c(OC)c(C)c1C. The molecule has 1 rings (SSSR count). The van der Waals surface area contributed by atoms with E-state index in [2.05, 4.69) is 10.1 Å². The number of carbonyl (C=O) groups is 2. The predicted molar refractivity (Wildman–Crippen MR) is 72.5 cm³/mol. The highest BCUT2D eigenvalue weighted by Gasteiger charge is 2.14. The van der Waals surface area contributed by atoms with Crippen molar-refractivity contribution in [1.82, 2.24) is 0 Å². The Morgan fingerprint density at radius 2 is 1.79 bits per heavy atom. The van der Waals surface area contributed by atoms with Crippen LogP contribution in [-0.4, -0.2) is 26.1 Å². The molecule has 0 aliphatic carbocycles. The topological polar surface area (TPSA) is 64.6 Å². The number of anilines is 1. The maximum Gasteiger partial charge on any atom is 0.315 e. The van der Waals surface area contributed by atoms with Crippen LogP contribution in [0.1, 0.15) is 23.1 Å². The van der Waals surface area contributed by atoms with Crippen molar-refractivity contribution < 1.29 is 19.1 Å². The van der Waals surface area contributed by atoms with Crippen LogP contribution in [-0.2, 0) is 14.3 Å². The molecule has 1 amide bonds. The monoisotopic (exact) mass is 265 g/mol. The van der Waals surface area contributed by atoms with E-state index in [9.17, 15) is 9.59 Å². The molecule has 0 spiro atoms. The fraction of sp³-hybridized carbons (Fsp3) is 0.429. The van der Waals surface area contributed by atoms with Crippen molar-refractivity contribution in [3.05, 3.63) is 22.8 Å². The Morgan fingerprint density at radius 1 is 1.16 bits per heavy atom. The summed E-state index contributed by atoms with van der Waals surface area (Å²) < 4.78 is 9.76. The highest BCUT2D eigenvalue weighted by molar-refractivity contribution is 6.02. The first kappa shape index (κ1) is 15.0. The van der Waals surface area contributed by atoms with Gasteiger partial charge in [0.1, 0.15) is 12.2 Å². The summed E-state index contributed by atoms with van der Waals surface area (Å²) in [4.78, 5) is 22.7. The van der Waals surface area contributed by atoms with Gasteiger partial charge in [-0.25, -0.2) is 0 Å². The summed E-state index contributed by atoms with van der Waals surface area (Å²) in [7, 11) is 2.87. The second-order valence-electron chi connectivity index (χ2n) is 4.33. The standard InChI is InChI=1S/C14H19NO4/c1-8-6-11(9(2)10(3)14(8)19-5)15-12(16)7-13(17)18-4/h6H,7H2,1-5H3,(H,15,16). The van der Waals surface area contributed by atoms with Gasteiger partial charge in [-0.05, 0) is 43.5 Å². The molecule has 104 valence electrons. The summed E-state index contributed by atoms with van der Waals surface area (Å²) >= 11 is 0. The molecule has 0 fully saturated rings. The fourth-order valence-corrected chi connectivity index (χ4v) is 1.90. The van der Waals surface area contributed by atoms with E-state index in [1.165, 1.54) is 7.11 Å². The van der Waals surface area contributed by atoms with Crippen LogP contribution in [0, 0.1) is 20.8 Å². The molecule has 1 aromatic carbocycles. The largest absolute Gasteiger partial charge is 0.496 e. The van der Waals surface area contributed by atoms with Gasteiger partial charge in [-0.3, -0.25) is 9.59 Å². The first-order chi connectivity index (χ1) is 8.90. The highest BCUT2D eigenvalue weighted by Crippen LogP contribution is 2.31. The predicted octanol–water partition coefficient (Wildman–Crippen LogP) is 2.12. The fourth-order valence-electron chi connectivity index (χ4n) is 1.90. The van der Waals surface area contributed by atoms with E-state index >= 15 is 0 Å². The van der Waals surface area contributed by atoms with Crippen molar-refractivity contribution in [2.45, 2.75) is 27.2 Å². The van der Waals surface area contributed by atoms with Gasteiger partial charge >= 0.3 is 5.97 Å². The molecule has 0 saturated carbocycles. The van der Waals surface area contributed by atoms with Gasteiger partial charge in [0.2, 0.25) is 5.91 Å². The van der Waals surface area contributed by atoms with E-state index in [4.69, 9.17) is 4.74 Å². The third kappa shape index (κ3) is 3.47. The lowest BCUT2D eigenvalue weighted by molar-refractivity contribution is -0.142. The zero-order valence-electron chi connectivity index (χ0n) is 11.9. The maximum absolute atomic E-state index is 11.7. The number of ether oxygens (including phenoxy) is 2. The number of esters is 1. The first-order valence-electron chi connectivity index (χ1n) is 5.92. The van der Waals surface area contributed by atoms with E-state index < -0.39 is 5.97 Å². The number of nitrogens with one attached hydrogen (secondary N) is 1. The lowest BCUT2D eigenvalue weighted by Crippen LogP contribution is -2.18. The third-order valence-corrected chi connectivity index (χ3v) is 3.04. The van der Waals surface area contributed by atoms with Crippen LogP contribution in [0.3, 0.4) is 0 Å². The average molecular weight is 265 g/mol. The molecule has 1 N–H and O–H groups in total. The van der Waals surface area contributed by atoms with Crippen molar-refractivity contribution in [2.75, 3.05) is 19.5 Å². The Labute approximate surface area is 112 Å². The smallest absolute Gasteiger partial charge is 0.315 e. The number of aryl methyl sites for hydroxylation is 1. The summed E-state index contributed by atoms with van der Waals surface area (Å²) in [6, 6.07) is 1.83. The number of carbonyl (C=O) groups excluding carboxylic acids is 2. The average Bonchev–Trinajstić information content (AvgIpc) is 2.36. The Kier molecular flexibility index (Phi) is 4.92. The lowest BCUT2D eigenvalue weighted by atomic mass is 10.0. The molecule has 0 aromatic heterocycles. The molecule has 0 saturated heterocycles. The maximum atomic E-state index is 11.7. The van der Waals surface area contributed by atoms with Gasteiger partial charge in [-0.1, -0.05) is 0 Å². The Balaban J connectivity index is 2.97. The molecular formula is C14H19NO4. The minimum atomic E-state index is -0.558. The Morgan fingerprint density at radius 3 is 2.32 bits per heavy atom. The Hall–Kier alpha value is -2.04. The minimum absolute atomic E-state index is 0.292. The number of hydrogen-bond donors (Lipinski definition) is 1. The van der Waals surface area contributed by atoms with Gasteiger partial charge < -0.3 is 14.8 Å². The van der Waals surface area contributed by atoms with E-state index in [1.807, 2.05) is 26.8 Å². The van der Waals surface area contributed by atoms with Crippen molar-refractivity contribution >= 4 is 17.6 Å². The van der Waals surface area contributed by atoms with Crippen LogP contribution in [0.2, 0.25) is 0 Å². The quantitative estimate of drug-likeness (QED) is 0.669. The summed E-state index contributed by atoms with van der Waals surface area (Å²) in [6.45, 7) is 5.73.